The summed E-state index contributed by atoms with van der Waals surface area (Å²) in [6.07, 6.45) is -3.05. The van der Waals surface area contributed by atoms with E-state index in [1.165, 1.54) is 12.3 Å². The number of halogens is 3. The number of ether oxygens (including phenoxy) is 1. The molecular formula is C10H10F3N3O4. The Morgan fingerprint density at radius 1 is 1.50 bits per heavy atom. The lowest BCUT2D eigenvalue weighted by Crippen LogP contribution is -2.40. The number of carbonyl (C=O) groups excluding carboxylic acids is 2. The predicted molar refractivity (Wildman–Crippen MR) is 59.0 cm³/mol. The van der Waals surface area contributed by atoms with Crippen molar-refractivity contribution in [1.29, 1.82) is 0 Å². The zero-order valence-corrected chi connectivity index (χ0v) is 10.4. The van der Waals surface area contributed by atoms with Crippen LogP contribution < -0.4 is 5.32 Å². The number of nitrogens with zero attached hydrogens (tertiary/aromatic N) is 2. The number of anilines is 1. The molecule has 10 heteroatoms. The van der Waals surface area contributed by atoms with Gasteiger partial charge in [-0.05, 0) is 0 Å². The highest BCUT2D eigenvalue weighted by Gasteiger charge is 2.43. The number of likely N-dealkylation sites (N-methyl/N-ethyl adjacent to an activating group) is 1. The number of hydrogen-bond donors (Lipinski definition) is 1. The monoisotopic (exact) mass is 293 g/mol. The first kappa shape index (κ1) is 15.5. The molecule has 0 spiro atoms. The summed E-state index contributed by atoms with van der Waals surface area (Å²) in [5, 5.41) is 5.82. The molecule has 0 fully saturated rings. The van der Waals surface area contributed by atoms with Crippen LogP contribution in [0.15, 0.2) is 28.7 Å². The van der Waals surface area contributed by atoms with Crippen LogP contribution in [0.3, 0.4) is 0 Å². The van der Waals surface area contributed by atoms with Crippen LogP contribution in [0.25, 0.3) is 0 Å². The fourth-order valence-electron chi connectivity index (χ4n) is 1.13. The first-order valence-electron chi connectivity index (χ1n) is 5.07. The van der Waals surface area contributed by atoms with Crippen molar-refractivity contribution >= 4 is 17.7 Å². The van der Waals surface area contributed by atoms with Gasteiger partial charge in [-0.25, -0.2) is 4.79 Å². The van der Waals surface area contributed by atoms with E-state index in [2.05, 4.69) is 19.7 Å². The van der Waals surface area contributed by atoms with Crippen LogP contribution in [0.5, 0.6) is 0 Å². The lowest BCUT2D eigenvalue weighted by Gasteiger charge is -2.20. The molecular weight excluding hydrogens is 283 g/mol. The molecule has 0 aliphatic carbocycles. The third-order valence-electron chi connectivity index (χ3n) is 2.10. The molecule has 1 N–H and O–H groups in total. The maximum Gasteiger partial charge on any atom is 0.471 e. The minimum atomic E-state index is -5.12. The van der Waals surface area contributed by atoms with E-state index in [4.69, 9.17) is 0 Å². The SMILES string of the molecule is COC(=O)/C(=C/Nc1ccon1)N(C)C(=O)C(F)(F)F. The van der Waals surface area contributed by atoms with Gasteiger partial charge in [0.25, 0.3) is 0 Å². The predicted octanol–water partition coefficient (Wildman–Crippen LogP) is 1.12. The van der Waals surface area contributed by atoms with Crippen molar-refractivity contribution in [2.75, 3.05) is 19.5 Å². The highest BCUT2D eigenvalue weighted by atomic mass is 19.4. The van der Waals surface area contributed by atoms with Crippen LogP contribution in [0, 0.1) is 0 Å². The van der Waals surface area contributed by atoms with Gasteiger partial charge in [0.15, 0.2) is 5.82 Å². The van der Waals surface area contributed by atoms with Crippen molar-refractivity contribution < 1.29 is 32.0 Å². The van der Waals surface area contributed by atoms with Crippen LogP contribution in [-0.2, 0) is 14.3 Å². The summed E-state index contributed by atoms with van der Waals surface area (Å²) in [7, 11) is 1.77. The van der Waals surface area contributed by atoms with Crippen LogP contribution in [0.1, 0.15) is 0 Å². The molecule has 110 valence electrons. The Balaban J connectivity index is 2.97. The van der Waals surface area contributed by atoms with Gasteiger partial charge in [-0.15, -0.1) is 0 Å². The summed E-state index contributed by atoms with van der Waals surface area (Å²) in [6, 6.07) is 1.36. The molecule has 0 radical (unpaired) electrons. The summed E-state index contributed by atoms with van der Waals surface area (Å²) < 4.78 is 45.8. The van der Waals surface area contributed by atoms with Gasteiger partial charge < -0.3 is 19.5 Å². The molecule has 0 atom stereocenters. The number of alkyl halides is 3. The average Bonchev–Trinajstić information content (AvgIpc) is 2.89. The van der Waals surface area contributed by atoms with E-state index in [0.29, 0.717) is 0 Å². The van der Waals surface area contributed by atoms with Crippen molar-refractivity contribution in [2.45, 2.75) is 6.18 Å². The van der Waals surface area contributed by atoms with Gasteiger partial charge in [-0.1, -0.05) is 5.16 Å². The molecule has 1 rings (SSSR count). The molecule has 0 saturated carbocycles. The van der Waals surface area contributed by atoms with Gasteiger partial charge in [0.1, 0.15) is 12.0 Å². The molecule has 7 nitrogen and oxygen atoms in total. The molecule has 20 heavy (non-hydrogen) atoms. The van der Waals surface area contributed by atoms with Gasteiger partial charge in [0.2, 0.25) is 0 Å². The standard InChI is InChI=1S/C10H10F3N3O4/c1-16(9(18)10(11,12)13)6(8(17)19-2)5-14-7-3-4-20-15-7/h3-5H,1-2H3,(H,14,15)/b6-5-. The van der Waals surface area contributed by atoms with E-state index in [9.17, 15) is 22.8 Å². The number of hydrogen-bond acceptors (Lipinski definition) is 6. The van der Waals surface area contributed by atoms with Crippen LogP contribution >= 0.6 is 0 Å². The summed E-state index contributed by atoms with van der Waals surface area (Å²) in [5.74, 6) is -3.20. The molecule has 0 aliphatic heterocycles. The number of nitrogens with one attached hydrogen (secondary N) is 1. The third-order valence-corrected chi connectivity index (χ3v) is 2.10. The topological polar surface area (TPSA) is 84.7 Å². The molecule has 0 aliphatic rings. The number of esters is 1. The number of methoxy groups -OCH3 is 1. The lowest BCUT2D eigenvalue weighted by molar-refractivity contribution is -0.183. The molecule has 0 saturated heterocycles. The van der Waals surface area contributed by atoms with E-state index in [0.717, 1.165) is 20.4 Å². The Morgan fingerprint density at radius 3 is 2.60 bits per heavy atom. The van der Waals surface area contributed by atoms with Gasteiger partial charge in [-0.2, -0.15) is 13.2 Å². The molecule has 0 unspecified atom stereocenters. The maximum atomic E-state index is 12.3. The lowest BCUT2D eigenvalue weighted by atomic mass is 10.3. The van der Waals surface area contributed by atoms with Crippen LogP contribution in [0.2, 0.25) is 0 Å². The van der Waals surface area contributed by atoms with Gasteiger partial charge in [-0.3, -0.25) is 4.79 Å². The number of amides is 1. The molecule has 1 aromatic heterocycles. The number of carbonyl (C=O) groups is 2. The summed E-state index contributed by atoms with van der Waals surface area (Å²) in [4.78, 5) is 22.6. The van der Waals surface area contributed by atoms with Crippen molar-refractivity contribution in [1.82, 2.24) is 10.1 Å². The first-order chi connectivity index (χ1) is 9.27. The summed E-state index contributed by atoms with van der Waals surface area (Å²) in [6.45, 7) is 0. The smallest absolute Gasteiger partial charge is 0.464 e. The Bertz CT molecular complexity index is 510. The number of aromatic nitrogens is 1. The van der Waals surface area contributed by atoms with Gasteiger partial charge in [0, 0.05) is 19.3 Å². The number of rotatable bonds is 4. The van der Waals surface area contributed by atoms with Crippen molar-refractivity contribution in [3.63, 3.8) is 0 Å². The molecule has 1 amide bonds. The van der Waals surface area contributed by atoms with E-state index in [-0.39, 0.29) is 10.7 Å². The summed E-state index contributed by atoms with van der Waals surface area (Å²) >= 11 is 0. The average molecular weight is 293 g/mol. The quantitative estimate of drug-likeness (QED) is 0.661. The largest absolute Gasteiger partial charge is 0.471 e. The second-order valence-electron chi connectivity index (χ2n) is 3.41. The van der Waals surface area contributed by atoms with Crippen LogP contribution in [0.4, 0.5) is 19.0 Å². The molecule has 1 heterocycles. The fraction of sp³-hybridized carbons (Fsp3) is 0.300. The van der Waals surface area contributed by atoms with Crippen molar-refractivity contribution in [2.24, 2.45) is 0 Å². The highest BCUT2D eigenvalue weighted by molar-refractivity contribution is 5.95. The van der Waals surface area contributed by atoms with Crippen molar-refractivity contribution in [3.8, 4) is 0 Å². The summed E-state index contributed by atoms with van der Waals surface area (Å²) in [5.41, 5.74) is -0.641. The Labute approximate surface area is 111 Å². The van der Waals surface area contributed by atoms with E-state index in [1.54, 1.807) is 0 Å². The third kappa shape index (κ3) is 3.73. The molecule has 1 aromatic rings. The van der Waals surface area contributed by atoms with Crippen LogP contribution in [-0.4, -0.2) is 42.3 Å². The second kappa shape index (κ2) is 6.08. The first-order valence-corrected chi connectivity index (χ1v) is 5.07. The Kier molecular flexibility index (Phi) is 4.73. The minimum Gasteiger partial charge on any atom is -0.464 e. The normalized spacial score (nSPS) is 11.9. The second-order valence-corrected chi connectivity index (χ2v) is 3.41. The van der Waals surface area contributed by atoms with E-state index >= 15 is 0 Å². The minimum absolute atomic E-state index is 0.124. The fourth-order valence-corrected chi connectivity index (χ4v) is 1.13. The Morgan fingerprint density at radius 2 is 2.15 bits per heavy atom. The van der Waals surface area contributed by atoms with Gasteiger partial charge >= 0.3 is 18.1 Å². The Hall–Kier alpha value is -2.52. The zero-order chi connectivity index (χ0) is 15.3. The van der Waals surface area contributed by atoms with Crippen molar-refractivity contribution in [3.05, 3.63) is 24.2 Å². The maximum absolute atomic E-state index is 12.3. The zero-order valence-electron chi connectivity index (χ0n) is 10.4. The van der Waals surface area contributed by atoms with E-state index < -0.39 is 23.7 Å². The molecule has 0 bridgehead atoms. The molecule has 0 aromatic carbocycles. The highest BCUT2D eigenvalue weighted by Crippen LogP contribution is 2.20. The van der Waals surface area contributed by atoms with Gasteiger partial charge in [0.05, 0.1) is 7.11 Å². The van der Waals surface area contributed by atoms with E-state index in [1.807, 2.05) is 0 Å².